The normalized spacial score (nSPS) is 10.8. The monoisotopic (exact) mass is 245 g/mol. The number of nitrogens with zero attached hydrogens (tertiary/aromatic N) is 1. The second-order valence-electron chi connectivity index (χ2n) is 4.54. The van der Waals surface area contributed by atoms with Crippen molar-refractivity contribution in [2.75, 3.05) is 7.11 Å². The first kappa shape index (κ1) is 13.0. The Morgan fingerprint density at radius 3 is 2.89 bits per heavy atom. The van der Waals surface area contributed by atoms with E-state index in [-0.39, 0.29) is 0 Å². The van der Waals surface area contributed by atoms with E-state index in [1.165, 1.54) is 17.3 Å². The topological polar surface area (TPSA) is 34.4 Å². The molecule has 1 heterocycles. The quantitative estimate of drug-likeness (QED) is 0.601. The van der Waals surface area contributed by atoms with Gasteiger partial charge in [0.15, 0.2) is 0 Å². The lowest BCUT2D eigenvalue weighted by atomic mass is 9.92. The first-order valence-corrected chi connectivity index (χ1v) is 6.59. The lowest BCUT2D eigenvalue weighted by Crippen LogP contribution is -1.96. The average molecular weight is 245 g/mol. The van der Waals surface area contributed by atoms with Crippen LogP contribution in [-0.2, 0) is 6.54 Å². The second-order valence-corrected chi connectivity index (χ2v) is 4.54. The number of ether oxygens (including phenoxy) is 1. The van der Waals surface area contributed by atoms with Crippen LogP contribution in [0.4, 0.5) is 0 Å². The predicted octanol–water partition coefficient (Wildman–Crippen LogP) is 2.58. The van der Waals surface area contributed by atoms with Crippen LogP contribution in [0.25, 0.3) is 10.9 Å². The fraction of sp³-hybridized carbons (Fsp3) is 0.429. The highest BCUT2D eigenvalue weighted by molar-refractivity contribution is 6.25. The van der Waals surface area contributed by atoms with Gasteiger partial charge in [0, 0.05) is 18.1 Å². The van der Waals surface area contributed by atoms with Crippen LogP contribution in [-0.4, -0.2) is 24.2 Å². The van der Waals surface area contributed by atoms with Crippen LogP contribution < -0.4 is 4.74 Å². The standard InChI is InChI=1S/C14H20BNO2/c1-18-14-7-5-6-13-12(14)8-11-16(13)10-4-2-3-9-15-17/h5-8,11,15,17H,2-4,9-10H2,1H3. The van der Waals surface area contributed by atoms with Crippen LogP contribution in [0.2, 0.25) is 6.32 Å². The number of benzene rings is 1. The van der Waals surface area contributed by atoms with E-state index in [0.29, 0.717) is 7.48 Å². The summed E-state index contributed by atoms with van der Waals surface area (Å²) < 4.78 is 7.63. The van der Waals surface area contributed by atoms with Gasteiger partial charge in [0.25, 0.3) is 7.48 Å². The minimum Gasteiger partial charge on any atom is -0.496 e. The van der Waals surface area contributed by atoms with E-state index < -0.39 is 0 Å². The van der Waals surface area contributed by atoms with E-state index in [0.717, 1.165) is 31.5 Å². The highest BCUT2D eigenvalue weighted by Gasteiger charge is 2.05. The molecule has 1 N–H and O–H groups in total. The third-order valence-corrected chi connectivity index (χ3v) is 3.30. The van der Waals surface area contributed by atoms with Crippen LogP contribution in [0.5, 0.6) is 5.75 Å². The van der Waals surface area contributed by atoms with Gasteiger partial charge in [0.1, 0.15) is 5.75 Å². The Morgan fingerprint density at radius 2 is 2.11 bits per heavy atom. The Kier molecular flexibility index (Phi) is 4.70. The molecule has 96 valence electrons. The van der Waals surface area contributed by atoms with Gasteiger partial charge in [-0.3, -0.25) is 0 Å². The number of unbranched alkanes of at least 4 members (excludes halogenated alkanes) is 2. The average Bonchev–Trinajstić information content (AvgIpc) is 2.82. The Balaban J connectivity index is 2.01. The van der Waals surface area contributed by atoms with Crippen LogP contribution in [0, 0.1) is 0 Å². The summed E-state index contributed by atoms with van der Waals surface area (Å²) in [6, 6.07) is 8.27. The van der Waals surface area contributed by atoms with Gasteiger partial charge in [-0.05, 0) is 24.6 Å². The first-order chi connectivity index (χ1) is 8.86. The molecule has 4 heteroatoms. The van der Waals surface area contributed by atoms with Crippen molar-refractivity contribution in [3.05, 3.63) is 30.5 Å². The minimum absolute atomic E-state index is 0.309. The number of rotatable bonds is 7. The van der Waals surface area contributed by atoms with E-state index in [4.69, 9.17) is 9.76 Å². The molecule has 0 bridgehead atoms. The van der Waals surface area contributed by atoms with Crippen LogP contribution in [0.15, 0.2) is 30.5 Å². The molecule has 0 unspecified atom stereocenters. The minimum atomic E-state index is 0.309. The fourth-order valence-corrected chi connectivity index (χ4v) is 2.32. The summed E-state index contributed by atoms with van der Waals surface area (Å²) in [5.41, 5.74) is 1.23. The third kappa shape index (κ3) is 2.88. The number of aryl methyl sites for hydroxylation is 1. The van der Waals surface area contributed by atoms with Gasteiger partial charge >= 0.3 is 0 Å². The molecule has 18 heavy (non-hydrogen) atoms. The molecule has 2 rings (SSSR count). The Bertz CT molecular complexity index is 495. The lowest BCUT2D eigenvalue weighted by Gasteiger charge is -2.06. The Hall–Kier alpha value is -1.42. The van der Waals surface area contributed by atoms with Gasteiger partial charge < -0.3 is 14.3 Å². The predicted molar refractivity (Wildman–Crippen MR) is 76.5 cm³/mol. The summed E-state index contributed by atoms with van der Waals surface area (Å²) >= 11 is 0. The van der Waals surface area contributed by atoms with Crippen LogP contribution in [0.1, 0.15) is 19.3 Å². The SMILES string of the molecule is COc1cccc2c1ccn2CCCCCBO. The lowest BCUT2D eigenvalue weighted by molar-refractivity contribution is 0.420. The molecular formula is C14H20BNO2. The summed E-state index contributed by atoms with van der Waals surface area (Å²) in [6.07, 6.45) is 6.48. The zero-order valence-electron chi connectivity index (χ0n) is 10.9. The zero-order valence-corrected chi connectivity index (χ0v) is 10.9. The maximum atomic E-state index is 8.73. The van der Waals surface area contributed by atoms with Crippen molar-refractivity contribution < 1.29 is 9.76 Å². The zero-order chi connectivity index (χ0) is 12.8. The highest BCUT2D eigenvalue weighted by atomic mass is 16.5. The van der Waals surface area contributed by atoms with Crippen molar-refractivity contribution in [2.24, 2.45) is 0 Å². The number of methoxy groups -OCH3 is 1. The molecule has 0 saturated heterocycles. The van der Waals surface area contributed by atoms with Gasteiger partial charge in [-0.25, -0.2) is 0 Å². The number of hydrogen-bond acceptors (Lipinski definition) is 2. The van der Waals surface area contributed by atoms with Gasteiger partial charge in [-0.2, -0.15) is 0 Å². The van der Waals surface area contributed by atoms with E-state index in [2.05, 4.69) is 22.9 Å². The summed E-state index contributed by atoms with van der Waals surface area (Å²) in [5, 5.41) is 9.91. The molecule has 2 aromatic rings. The first-order valence-electron chi connectivity index (χ1n) is 6.59. The van der Waals surface area contributed by atoms with E-state index in [9.17, 15) is 0 Å². The number of aromatic nitrogens is 1. The van der Waals surface area contributed by atoms with Gasteiger partial charge in [0.05, 0.1) is 12.6 Å². The van der Waals surface area contributed by atoms with E-state index in [1.54, 1.807) is 7.11 Å². The van der Waals surface area contributed by atoms with Gasteiger partial charge in [-0.1, -0.05) is 25.2 Å². The number of hydrogen-bond donors (Lipinski definition) is 1. The maximum absolute atomic E-state index is 8.73. The molecule has 0 atom stereocenters. The molecule has 0 aliphatic rings. The summed E-state index contributed by atoms with van der Waals surface area (Å²) in [5.74, 6) is 0.937. The molecule has 3 nitrogen and oxygen atoms in total. The maximum Gasteiger partial charge on any atom is 0.270 e. The summed E-state index contributed by atoms with van der Waals surface area (Å²) in [4.78, 5) is 0. The molecule has 0 fully saturated rings. The Morgan fingerprint density at radius 1 is 1.22 bits per heavy atom. The van der Waals surface area contributed by atoms with Gasteiger partial charge in [-0.15, -0.1) is 0 Å². The molecule has 1 aromatic heterocycles. The molecule has 0 aliphatic heterocycles. The van der Waals surface area contributed by atoms with Crippen LogP contribution in [0.3, 0.4) is 0 Å². The second kappa shape index (κ2) is 6.50. The number of fused-ring (bicyclic) bond motifs is 1. The van der Waals surface area contributed by atoms with Crippen molar-refractivity contribution in [1.29, 1.82) is 0 Å². The van der Waals surface area contributed by atoms with Crippen molar-refractivity contribution in [3.8, 4) is 5.75 Å². The molecule has 0 amide bonds. The molecule has 0 radical (unpaired) electrons. The molecule has 1 aromatic carbocycles. The molecular weight excluding hydrogens is 225 g/mol. The third-order valence-electron chi connectivity index (χ3n) is 3.30. The fourth-order valence-electron chi connectivity index (χ4n) is 2.32. The largest absolute Gasteiger partial charge is 0.496 e. The van der Waals surface area contributed by atoms with Crippen molar-refractivity contribution in [2.45, 2.75) is 32.1 Å². The van der Waals surface area contributed by atoms with E-state index in [1.807, 2.05) is 12.1 Å². The smallest absolute Gasteiger partial charge is 0.270 e. The van der Waals surface area contributed by atoms with E-state index >= 15 is 0 Å². The van der Waals surface area contributed by atoms with Crippen LogP contribution >= 0.6 is 0 Å². The van der Waals surface area contributed by atoms with Crippen molar-refractivity contribution in [3.63, 3.8) is 0 Å². The molecule has 0 spiro atoms. The highest BCUT2D eigenvalue weighted by Crippen LogP contribution is 2.26. The van der Waals surface area contributed by atoms with Crippen molar-refractivity contribution >= 4 is 18.4 Å². The molecule has 0 saturated carbocycles. The Labute approximate surface area is 109 Å². The van der Waals surface area contributed by atoms with Gasteiger partial charge in [0.2, 0.25) is 0 Å². The summed E-state index contributed by atoms with van der Waals surface area (Å²) in [6.45, 7) is 1.03. The molecule has 0 aliphatic carbocycles. The summed E-state index contributed by atoms with van der Waals surface area (Å²) in [7, 11) is 2.02. The van der Waals surface area contributed by atoms with Crippen molar-refractivity contribution in [1.82, 2.24) is 4.57 Å².